The second-order valence-corrected chi connectivity index (χ2v) is 4.44. The summed E-state index contributed by atoms with van der Waals surface area (Å²) < 4.78 is 0. The Hall–Kier alpha value is -0.300. The van der Waals surface area contributed by atoms with E-state index < -0.39 is 0 Å². The molecule has 0 radical (unpaired) electrons. The monoisotopic (exact) mass is 240 g/mol. The Labute approximate surface area is 89.5 Å². The number of hydrogen-bond donors (Lipinski definition) is 0. The lowest BCUT2D eigenvalue weighted by molar-refractivity contribution is 0.824. The number of benzene rings is 1. The quantitative estimate of drug-likeness (QED) is 0.695. The predicted octanol–water partition coefficient (Wildman–Crippen LogP) is 4.14. The molecule has 0 N–H and O–H groups in total. The number of rotatable bonds is 4. The predicted molar refractivity (Wildman–Crippen MR) is 62.6 cm³/mol. The van der Waals surface area contributed by atoms with Crippen molar-refractivity contribution >= 4 is 15.9 Å². The summed E-state index contributed by atoms with van der Waals surface area (Å²) in [5.41, 5.74) is 3.01. The number of halogens is 1. The third-order valence-electron chi connectivity index (χ3n) is 2.26. The van der Waals surface area contributed by atoms with Crippen LogP contribution in [-0.2, 0) is 6.42 Å². The summed E-state index contributed by atoms with van der Waals surface area (Å²) in [6.45, 7) is 4.51. The first-order valence-corrected chi connectivity index (χ1v) is 6.01. The van der Waals surface area contributed by atoms with Crippen molar-refractivity contribution in [3.05, 3.63) is 35.4 Å². The van der Waals surface area contributed by atoms with E-state index in [9.17, 15) is 0 Å². The molecule has 13 heavy (non-hydrogen) atoms. The molecule has 1 rings (SSSR count). The molecular weight excluding hydrogens is 224 g/mol. The molecule has 0 fully saturated rings. The van der Waals surface area contributed by atoms with Crippen molar-refractivity contribution < 1.29 is 0 Å². The average Bonchev–Trinajstić information content (AvgIpc) is 2.15. The Morgan fingerprint density at radius 3 is 2.54 bits per heavy atom. The van der Waals surface area contributed by atoms with E-state index in [0.29, 0.717) is 5.92 Å². The maximum absolute atomic E-state index is 3.47. The Morgan fingerprint density at radius 2 is 1.92 bits per heavy atom. The van der Waals surface area contributed by atoms with Crippen molar-refractivity contribution in [1.29, 1.82) is 0 Å². The SMILES string of the molecule is CC(C)c1ccccc1CCCBr. The van der Waals surface area contributed by atoms with Gasteiger partial charge in [0, 0.05) is 5.33 Å². The molecule has 0 aliphatic carbocycles. The van der Waals surface area contributed by atoms with Crippen LogP contribution >= 0.6 is 15.9 Å². The Balaban J connectivity index is 2.78. The smallest absolute Gasteiger partial charge is 0.00344 e. The van der Waals surface area contributed by atoms with Gasteiger partial charge < -0.3 is 0 Å². The zero-order chi connectivity index (χ0) is 9.68. The van der Waals surface area contributed by atoms with Gasteiger partial charge in [-0.3, -0.25) is 0 Å². The van der Waals surface area contributed by atoms with Crippen LogP contribution in [0.5, 0.6) is 0 Å². The fraction of sp³-hybridized carbons (Fsp3) is 0.500. The maximum atomic E-state index is 3.47. The van der Waals surface area contributed by atoms with E-state index in [1.54, 1.807) is 0 Å². The van der Waals surface area contributed by atoms with Gasteiger partial charge >= 0.3 is 0 Å². The van der Waals surface area contributed by atoms with Crippen LogP contribution in [0.1, 0.15) is 37.3 Å². The third-order valence-corrected chi connectivity index (χ3v) is 2.82. The molecule has 1 aromatic carbocycles. The molecule has 0 unspecified atom stereocenters. The minimum Gasteiger partial charge on any atom is -0.0928 e. The van der Waals surface area contributed by atoms with E-state index in [-0.39, 0.29) is 0 Å². The summed E-state index contributed by atoms with van der Waals surface area (Å²) in [5.74, 6) is 0.645. The molecule has 1 heteroatoms. The van der Waals surface area contributed by atoms with Gasteiger partial charge in [0.1, 0.15) is 0 Å². The standard InChI is InChI=1S/C12H17Br/c1-10(2)12-8-4-3-6-11(12)7-5-9-13/h3-4,6,8,10H,5,7,9H2,1-2H3. The molecule has 0 amide bonds. The van der Waals surface area contributed by atoms with Gasteiger partial charge in [-0.05, 0) is 29.9 Å². The van der Waals surface area contributed by atoms with E-state index in [4.69, 9.17) is 0 Å². The topological polar surface area (TPSA) is 0 Å². The molecule has 0 atom stereocenters. The van der Waals surface area contributed by atoms with Gasteiger partial charge in [-0.1, -0.05) is 54.0 Å². The fourth-order valence-corrected chi connectivity index (χ4v) is 1.86. The molecule has 0 saturated heterocycles. The van der Waals surface area contributed by atoms with Crippen molar-refractivity contribution in [2.24, 2.45) is 0 Å². The summed E-state index contributed by atoms with van der Waals surface area (Å²) in [7, 11) is 0. The zero-order valence-electron chi connectivity index (χ0n) is 8.39. The summed E-state index contributed by atoms with van der Waals surface area (Å²) in [6.07, 6.45) is 2.42. The van der Waals surface area contributed by atoms with Crippen molar-refractivity contribution in [2.75, 3.05) is 5.33 Å². The van der Waals surface area contributed by atoms with Gasteiger partial charge in [0.2, 0.25) is 0 Å². The lowest BCUT2D eigenvalue weighted by atomic mass is 9.95. The van der Waals surface area contributed by atoms with Crippen LogP contribution in [0.15, 0.2) is 24.3 Å². The normalized spacial score (nSPS) is 10.8. The van der Waals surface area contributed by atoms with Crippen LogP contribution in [-0.4, -0.2) is 5.33 Å². The summed E-state index contributed by atoms with van der Waals surface area (Å²) in [5, 5.41) is 1.10. The number of hydrogen-bond acceptors (Lipinski definition) is 0. The molecule has 0 aromatic heterocycles. The van der Waals surface area contributed by atoms with Crippen LogP contribution in [0, 0.1) is 0 Å². The average molecular weight is 241 g/mol. The maximum Gasteiger partial charge on any atom is 0.00344 e. The van der Waals surface area contributed by atoms with Crippen molar-refractivity contribution in [3.63, 3.8) is 0 Å². The molecule has 1 aromatic rings. The molecule has 72 valence electrons. The highest BCUT2D eigenvalue weighted by Gasteiger charge is 2.04. The van der Waals surface area contributed by atoms with E-state index in [1.807, 2.05) is 0 Å². The van der Waals surface area contributed by atoms with Crippen LogP contribution in [0.4, 0.5) is 0 Å². The highest BCUT2D eigenvalue weighted by atomic mass is 79.9. The second kappa shape index (κ2) is 5.43. The van der Waals surface area contributed by atoms with E-state index in [1.165, 1.54) is 24.0 Å². The summed E-state index contributed by atoms with van der Waals surface area (Å²) in [6, 6.07) is 8.76. The molecule has 0 spiro atoms. The van der Waals surface area contributed by atoms with Crippen LogP contribution in [0.3, 0.4) is 0 Å². The van der Waals surface area contributed by atoms with Crippen molar-refractivity contribution in [2.45, 2.75) is 32.6 Å². The van der Waals surface area contributed by atoms with Crippen molar-refractivity contribution in [1.82, 2.24) is 0 Å². The van der Waals surface area contributed by atoms with Gasteiger partial charge in [0.15, 0.2) is 0 Å². The Morgan fingerprint density at radius 1 is 1.23 bits per heavy atom. The minimum atomic E-state index is 0.645. The molecule has 0 nitrogen and oxygen atoms in total. The number of aryl methyl sites for hydroxylation is 1. The minimum absolute atomic E-state index is 0.645. The van der Waals surface area contributed by atoms with Gasteiger partial charge in [-0.25, -0.2) is 0 Å². The van der Waals surface area contributed by atoms with Gasteiger partial charge in [-0.2, -0.15) is 0 Å². The number of alkyl halides is 1. The summed E-state index contributed by atoms with van der Waals surface area (Å²) in [4.78, 5) is 0. The van der Waals surface area contributed by atoms with Crippen molar-refractivity contribution in [3.8, 4) is 0 Å². The lowest BCUT2D eigenvalue weighted by Gasteiger charge is -2.11. The molecule has 0 heterocycles. The first-order valence-electron chi connectivity index (χ1n) is 4.89. The summed E-state index contributed by atoms with van der Waals surface area (Å²) >= 11 is 3.47. The van der Waals surface area contributed by atoms with E-state index >= 15 is 0 Å². The Kier molecular flexibility index (Phi) is 4.51. The molecule has 0 aliphatic heterocycles. The Bertz CT molecular complexity index is 253. The van der Waals surface area contributed by atoms with Crippen LogP contribution < -0.4 is 0 Å². The molecule has 0 bridgehead atoms. The van der Waals surface area contributed by atoms with Gasteiger partial charge in [0.25, 0.3) is 0 Å². The largest absolute Gasteiger partial charge is 0.0928 e. The molecular formula is C12H17Br. The third kappa shape index (κ3) is 3.15. The zero-order valence-corrected chi connectivity index (χ0v) is 9.97. The lowest BCUT2D eigenvalue weighted by Crippen LogP contribution is -1.96. The highest BCUT2D eigenvalue weighted by molar-refractivity contribution is 9.09. The van der Waals surface area contributed by atoms with Gasteiger partial charge in [0.05, 0.1) is 0 Å². The first-order chi connectivity index (χ1) is 6.25. The van der Waals surface area contributed by atoms with Crippen LogP contribution in [0.25, 0.3) is 0 Å². The van der Waals surface area contributed by atoms with E-state index in [0.717, 1.165) is 5.33 Å². The second-order valence-electron chi connectivity index (χ2n) is 3.65. The molecule has 0 saturated carbocycles. The fourth-order valence-electron chi connectivity index (χ4n) is 1.58. The van der Waals surface area contributed by atoms with E-state index in [2.05, 4.69) is 54.0 Å². The highest BCUT2D eigenvalue weighted by Crippen LogP contribution is 2.20. The molecule has 0 aliphatic rings. The first kappa shape index (κ1) is 10.8. The van der Waals surface area contributed by atoms with Gasteiger partial charge in [-0.15, -0.1) is 0 Å². The van der Waals surface area contributed by atoms with Crippen LogP contribution in [0.2, 0.25) is 0 Å².